The molecule has 0 aliphatic carbocycles. The van der Waals surface area contributed by atoms with E-state index in [1.807, 2.05) is 0 Å². The highest BCUT2D eigenvalue weighted by Crippen LogP contribution is 2.40. The first kappa shape index (κ1) is 17.0. The van der Waals surface area contributed by atoms with Gasteiger partial charge in [-0.1, -0.05) is 12.1 Å². The van der Waals surface area contributed by atoms with Crippen molar-refractivity contribution in [2.45, 2.75) is 18.4 Å². The molecule has 0 bridgehead atoms. The third kappa shape index (κ3) is 2.75. The highest BCUT2D eigenvalue weighted by Gasteiger charge is 2.53. The SMILES string of the molecule is CN(C)C(=O)[C@]1(c2cnccn2)CCCN1C(=O)c1ccccc1F. The lowest BCUT2D eigenvalue weighted by atomic mass is 9.89. The van der Waals surface area contributed by atoms with Gasteiger partial charge >= 0.3 is 0 Å². The van der Waals surface area contributed by atoms with Crippen molar-refractivity contribution in [2.75, 3.05) is 20.6 Å². The van der Waals surface area contributed by atoms with Crippen LogP contribution < -0.4 is 0 Å². The first-order valence-corrected chi connectivity index (χ1v) is 8.03. The van der Waals surface area contributed by atoms with Crippen LogP contribution in [0.4, 0.5) is 4.39 Å². The lowest BCUT2D eigenvalue weighted by Crippen LogP contribution is -2.55. The Morgan fingerprint density at radius 2 is 2.00 bits per heavy atom. The Morgan fingerprint density at radius 3 is 2.64 bits per heavy atom. The number of hydrogen-bond acceptors (Lipinski definition) is 4. The van der Waals surface area contributed by atoms with E-state index in [1.54, 1.807) is 20.2 Å². The largest absolute Gasteiger partial charge is 0.346 e. The number of rotatable bonds is 3. The van der Waals surface area contributed by atoms with Gasteiger partial charge in [0, 0.05) is 33.0 Å². The highest BCUT2D eigenvalue weighted by molar-refractivity contribution is 6.00. The molecule has 2 heterocycles. The topological polar surface area (TPSA) is 66.4 Å². The van der Waals surface area contributed by atoms with Crippen molar-refractivity contribution < 1.29 is 14.0 Å². The van der Waals surface area contributed by atoms with Gasteiger partial charge in [0.05, 0.1) is 17.5 Å². The molecule has 1 fully saturated rings. The fourth-order valence-corrected chi connectivity index (χ4v) is 3.35. The van der Waals surface area contributed by atoms with Crippen LogP contribution in [-0.2, 0) is 10.3 Å². The Bertz CT molecular complexity index is 797. The predicted molar refractivity (Wildman–Crippen MR) is 89.1 cm³/mol. The quantitative estimate of drug-likeness (QED) is 0.854. The van der Waals surface area contributed by atoms with E-state index in [2.05, 4.69) is 9.97 Å². The Morgan fingerprint density at radius 1 is 1.24 bits per heavy atom. The fraction of sp³-hybridized carbons (Fsp3) is 0.333. The average Bonchev–Trinajstić information content (AvgIpc) is 3.07. The van der Waals surface area contributed by atoms with Crippen molar-refractivity contribution in [3.05, 3.63) is 59.9 Å². The number of hydrogen-bond donors (Lipinski definition) is 0. The summed E-state index contributed by atoms with van der Waals surface area (Å²) in [6.45, 7) is 0.351. The van der Waals surface area contributed by atoms with Crippen molar-refractivity contribution in [1.82, 2.24) is 19.8 Å². The molecule has 2 amide bonds. The second kappa shape index (κ2) is 6.58. The molecule has 1 saturated heterocycles. The lowest BCUT2D eigenvalue weighted by molar-refractivity contribution is -0.140. The molecule has 1 aromatic carbocycles. The number of benzene rings is 1. The Labute approximate surface area is 145 Å². The maximum absolute atomic E-state index is 14.1. The van der Waals surface area contributed by atoms with Gasteiger partial charge in [-0.25, -0.2) is 4.39 Å². The summed E-state index contributed by atoms with van der Waals surface area (Å²) in [5.74, 6) is -1.39. The van der Waals surface area contributed by atoms with Crippen LogP contribution >= 0.6 is 0 Å². The summed E-state index contributed by atoms with van der Waals surface area (Å²) in [5, 5.41) is 0. The zero-order chi connectivity index (χ0) is 18.0. The Kier molecular flexibility index (Phi) is 4.48. The number of amides is 2. The van der Waals surface area contributed by atoms with Crippen LogP contribution in [0.1, 0.15) is 28.9 Å². The minimum Gasteiger partial charge on any atom is -0.346 e. The molecule has 3 rings (SSSR count). The molecular formula is C18H19FN4O2. The number of likely N-dealkylation sites (tertiary alicyclic amines) is 1. The molecule has 1 aliphatic rings. The summed E-state index contributed by atoms with van der Waals surface area (Å²) in [6, 6.07) is 5.79. The van der Waals surface area contributed by atoms with Gasteiger partial charge < -0.3 is 9.80 Å². The third-order valence-electron chi connectivity index (χ3n) is 4.48. The Balaban J connectivity index is 2.13. The standard InChI is InChI=1S/C18H19FN4O2/c1-22(2)17(25)18(15-12-20-9-10-21-15)8-5-11-23(18)16(24)13-6-3-4-7-14(13)19/h3-4,6-7,9-10,12H,5,8,11H2,1-2H3/t18-/m1/s1. The molecule has 0 spiro atoms. The zero-order valence-electron chi connectivity index (χ0n) is 14.1. The number of nitrogens with zero attached hydrogens (tertiary/aromatic N) is 4. The number of halogens is 1. The molecule has 0 radical (unpaired) electrons. The molecule has 1 aliphatic heterocycles. The predicted octanol–water partition coefficient (Wildman–Crippen LogP) is 1.84. The van der Waals surface area contributed by atoms with E-state index in [4.69, 9.17) is 0 Å². The number of carbonyl (C=O) groups excluding carboxylic acids is 2. The second-order valence-electron chi connectivity index (χ2n) is 6.19. The van der Waals surface area contributed by atoms with Crippen molar-refractivity contribution in [3.8, 4) is 0 Å². The first-order chi connectivity index (χ1) is 12.0. The summed E-state index contributed by atoms with van der Waals surface area (Å²) in [7, 11) is 3.26. The smallest absolute Gasteiger partial charge is 0.258 e. The molecule has 0 unspecified atom stereocenters. The van der Waals surface area contributed by atoms with E-state index in [0.29, 0.717) is 25.1 Å². The lowest BCUT2D eigenvalue weighted by Gasteiger charge is -2.38. The van der Waals surface area contributed by atoms with Gasteiger partial charge in [0.25, 0.3) is 11.8 Å². The van der Waals surface area contributed by atoms with Gasteiger partial charge in [-0.05, 0) is 25.0 Å². The van der Waals surface area contributed by atoms with Crippen LogP contribution in [0.3, 0.4) is 0 Å². The summed E-state index contributed by atoms with van der Waals surface area (Å²) in [4.78, 5) is 37.3. The molecule has 1 aromatic heterocycles. The highest BCUT2D eigenvalue weighted by atomic mass is 19.1. The normalized spacial score (nSPS) is 19.7. The van der Waals surface area contributed by atoms with Gasteiger partial charge in [-0.2, -0.15) is 0 Å². The van der Waals surface area contributed by atoms with E-state index in [-0.39, 0.29) is 11.5 Å². The van der Waals surface area contributed by atoms with Crippen molar-refractivity contribution in [3.63, 3.8) is 0 Å². The van der Waals surface area contributed by atoms with Crippen LogP contribution in [0, 0.1) is 5.82 Å². The van der Waals surface area contributed by atoms with E-state index >= 15 is 0 Å². The van der Waals surface area contributed by atoms with Crippen molar-refractivity contribution in [1.29, 1.82) is 0 Å². The maximum Gasteiger partial charge on any atom is 0.258 e. The van der Waals surface area contributed by atoms with Gasteiger partial charge in [0.2, 0.25) is 0 Å². The molecule has 7 heteroatoms. The van der Waals surface area contributed by atoms with E-state index in [1.165, 1.54) is 46.6 Å². The van der Waals surface area contributed by atoms with Crippen molar-refractivity contribution in [2.24, 2.45) is 0 Å². The number of likely N-dealkylation sites (N-methyl/N-ethyl adjacent to an activating group) is 1. The van der Waals surface area contributed by atoms with E-state index < -0.39 is 17.3 Å². The molecule has 130 valence electrons. The molecule has 0 saturated carbocycles. The first-order valence-electron chi connectivity index (χ1n) is 8.03. The van der Waals surface area contributed by atoms with Gasteiger partial charge in [0.15, 0.2) is 5.54 Å². The van der Waals surface area contributed by atoms with Crippen LogP contribution in [0.5, 0.6) is 0 Å². The molecule has 1 atom stereocenters. The molecule has 2 aromatic rings. The molecule has 0 N–H and O–H groups in total. The van der Waals surface area contributed by atoms with Crippen LogP contribution in [0.25, 0.3) is 0 Å². The van der Waals surface area contributed by atoms with Crippen molar-refractivity contribution >= 4 is 11.8 Å². The summed E-state index contributed by atoms with van der Waals surface area (Å²) < 4.78 is 14.1. The molecule has 25 heavy (non-hydrogen) atoms. The number of carbonyl (C=O) groups is 2. The monoisotopic (exact) mass is 342 g/mol. The minimum atomic E-state index is -1.27. The van der Waals surface area contributed by atoms with Gasteiger partial charge in [-0.15, -0.1) is 0 Å². The third-order valence-corrected chi connectivity index (χ3v) is 4.48. The Hall–Kier alpha value is -2.83. The van der Waals surface area contributed by atoms with Gasteiger partial charge in [0.1, 0.15) is 5.82 Å². The van der Waals surface area contributed by atoms with Crippen LogP contribution in [-0.4, -0.2) is 52.2 Å². The molecule has 6 nitrogen and oxygen atoms in total. The summed E-state index contributed by atoms with van der Waals surface area (Å²) in [6.07, 6.45) is 5.53. The van der Waals surface area contributed by atoms with E-state index in [0.717, 1.165) is 0 Å². The van der Waals surface area contributed by atoms with E-state index in [9.17, 15) is 14.0 Å². The number of aromatic nitrogens is 2. The maximum atomic E-state index is 14.1. The average molecular weight is 342 g/mol. The minimum absolute atomic E-state index is 0.0516. The zero-order valence-corrected chi connectivity index (χ0v) is 14.1. The fourth-order valence-electron chi connectivity index (χ4n) is 3.35. The van der Waals surface area contributed by atoms with Crippen LogP contribution in [0.15, 0.2) is 42.9 Å². The van der Waals surface area contributed by atoms with Gasteiger partial charge in [-0.3, -0.25) is 19.6 Å². The summed E-state index contributed by atoms with van der Waals surface area (Å²) in [5.41, 5.74) is -0.919. The molecular weight excluding hydrogens is 323 g/mol. The summed E-state index contributed by atoms with van der Waals surface area (Å²) >= 11 is 0. The van der Waals surface area contributed by atoms with Crippen LogP contribution in [0.2, 0.25) is 0 Å². The second-order valence-corrected chi connectivity index (χ2v) is 6.19.